The molecule has 2 aromatic rings. The minimum Gasteiger partial charge on any atom is -0.331 e. The van der Waals surface area contributed by atoms with Crippen LogP contribution >= 0.6 is 11.8 Å². The van der Waals surface area contributed by atoms with E-state index in [1.165, 1.54) is 23.0 Å². The first-order valence-electron chi connectivity index (χ1n) is 6.07. The average Bonchev–Trinajstić information content (AvgIpc) is 2.49. The Kier molecular flexibility index (Phi) is 4.74. The van der Waals surface area contributed by atoms with Crippen LogP contribution in [0, 0.1) is 11.3 Å². The number of hydrogen-bond donors (Lipinski definition) is 1. The topological polar surface area (TPSA) is 81.9 Å². The van der Waals surface area contributed by atoms with E-state index in [1.54, 1.807) is 20.2 Å². The monoisotopic (exact) mass is 299 g/mol. The van der Waals surface area contributed by atoms with Gasteiger partial charge in [0.2, 0.25) is 0 Å². The molecular formula is C14H13N5OS. The van der Waals surface area contributed by atoms with Crippen LogP contribution in [0.25, 0.3) is 0 Å². The summed E-state index contributed by atoms with van der Waals surface area (Å²) in [5.41, 5.74) is 1.06. The molecule has 7 heteroatoms. The molecule has 1 N–H and O–H groups in total. The molecule has 0 aliphatic carbocycles. The van der Waals surface area contributed by atoms with Crippen molar-refractivity contribution in [3.63, 3.8) is 0 Å². The lowest BCUT2D eigenvalue weighted by atomic mass is 10.3. The lowest BCUT2D eigenvalue weighted by molar-refractivity contribution is 0.230. The van der Waals surface area contributed by atoms with E-state index in [9.17, 15) is 4.79 Å². The van der Waals surface area contributed by atoms with E-state index in [2.05, 4.69) is 15.3 Å². The van der Waals surface area contributed by atoms with Gasteiger partial charge in [0.05, 0.1) is 0 Å². The number of benzene rings is 1. The predicted octanol–water partition coefficient (Wildman–Crippen LogP) is 2.59. The molecule has 1 aromatic carbocycles. The molecule has 2 amide bonds. The number of carbonyl (C=O) groups is 1. The molecule has 0 radical (unpaired) electrons. The molecule has 0 aliphatic heterocycles. The largest absolute Gasteiger partial charge is 0.331 e. The van der Waals surface area contributed by atoms with Crippen LogP contribution in [-0.2, 0) is 0 Å². The summed E-state index contributed by atoms with van der Waals surface area (Å²) in [4.78, 5) is 21.9. The van der Waals surface area contributed by atoms with Crippen LogP contribution in [0.4, 0.5) is 10.5 Å². The van der Waals surface area contributed by atoms with Crippen molar-refractivity contribution in [3.05, 3.63) is 42.4 Å². The maximum absolute atomic E-state index is 11.5. The second kappa shape index (κ2) is 6.72. The second-order valence-corrected chi connectivity index (χ2v) is 5.40. The zero-order chi connectivity index (χ0) is 15.2. The van der Waals surface area contributed by atoms with Crippen LogP contribution in [0.15, 0.2) is 46.6 Å². The maximum Gasteiger partial charge on any atom is 0.321 e. The van der Waals surface area contributed by atoms with E-state index in [0.717, 1.165) is 10.6 Å². The Hall–Kier alpha value is -2.59. The second-order valence-electron chi connectivity index (χ2n) is 4.30. The van der Waals surface area contributed by atoms with E-state index >= 15 is 0 Å². The number of nitrogens with zero attached hydrogens (tertiary/aromatic N) is 4. The zero-order valence-electron chi connectivity index (χ0n) is 11.6. The number of anilines is 1. The number of urea groups is 1. The Labute approximate surface area is 126 Å². The lowest BCUT2D eigenvalue weighted by Crippen LogP contribution is -2.27. The molecule has 21 heavy (non-hydrogen) atoms. The van der Waals surface area contributed by atoms with Gasteiger partial charge >= 0.3 is 6.03 Å². The van der Waals surface area contributed by atoms with Gasteiger partial charge in [-0.1, -0.05) is 11.8 Å². The normalized spacial score (nSPS) is 9.76. The third-order valence-corrected chi connectivity index (χ3v) is 3.43. The Morgan fingerprint density at radius 2 is 2.00 bits per heavy atom. The van der Waals surface area contributed by atoms with Gasteiger partial charge in [-0.05, 0) is 24.3 Å². The molecule has 0 aliphatic rings. The van der Waals surface area contributed by atoms with Gasteiger partial charge in [-0.25, -0.2) is 14.8 Å². The fourth-order valence-electron chi connectivity index (χ4n) is 1.42. The van der Waals surface area contributed by atoms with Crippen molar-refractivity contribution in [2.45, 2.75) is 9.92 Å². The summed E-state index contributed by atoms with van der Waals surface area (Å²) in [6.07, 6.45) is 1.37. The summed E-state index contributed by atoms with van der Waals surface area (Å²) >= 11 is 1.43. The summed E-state index contributed by atoms with van der Waals surface area (Å²) in [5, 5.41) is 12.3. The van der Waals surface area contributed by atoms with Crippen molar-refractivity contribution in [2.75, 3.05) is 19.4 Å². The molecule has 1 heterocycles. The van der Waals surface area contributed by atoms with Gasteiger partial charge in [0.15, 0.2) is 0 Å². The molecule has 2 rings (SSSR count). The summed E-state index contributed by atoms with van der Waals surface area (Å²) < 4.78 is 0. The first kappa shape index (κ1) is 14.8. The number of amides is 2. The number of hydrogen-bond acceptors (Lipinski definition) is 5. The Morgan fingerprint density at radius 3 is 2.62 bits per heavy atom. The van der Waals surface area contributed by atoms with Gasteiger partial charge in [0, 0.05) is 30.7 Å². The molecule has 0 spiro atoms. The number of aromatic nitrogens is 2. The fraction of sp³-hybridized carbons (Fsp3) is 0.143. The minimum absolute atomic E-state index is 0.176. The van der Waals surface area contributed by atoms with Crippen LogP contribution in [0.2, 0.25) is 0 Å². The average molecular weight is 299 g/mol. The van der Waals surface area contributed by atoms with E-state index in [-0.39, 0.29) is 6.03 Å². The summed E-state index contributed by atoms with van der Waals surface area (Å²) in [6, 6.07) is 10.8. The molecular weight excluding hydrogens is 286 g/mol. The van der Waals surface area contributed by atoms with Crippen molar-refractivity contribution < 1.29 is 4.79 Å². The van der Waals surface area contributed by atoms with Gasteiger partial charge < -0.3 is 10.2 Å². The van der Waals surface area contributed by atoms with Gasteiger partial charge in [0.25, 0.3) is 0 Å². The van der Waals surface area contributed by atoms with Gasteiger partial charge in [0.1, 0.15) is 23.1 Å². The molecule has 1 aromatic heterocycles. The van der Waals surface area contributed by atoms with Crippen LogP contribution in [0.3, 0.4) is 0 Å². The third-order valence-electron chi connectivity index (χ3n) is 2.49. The van der Waals surface area contributed by atoms with E-state index in [4.69, 9.17) is 5.26 Å². The van der Waals surface area contributed by atoms with E-state index < -0.39 is 0 Å². The number of carbonyl (C=O) groups excluding carboxylic acids is 1. The van der Waals surface area contributed by atoms with Crippen molar-refractivity contribution in [1.82, 2.24) is 14.9 Å². The third kappa shape index (κ3) is 4.19. The molecule has 0 bridgehead atoms. The SMILES string of the molecule is CN(C)C(=O)Nc1ccc(Sc2cc(C#N)ncn2)cc1. The Bertz CT molecular complexity index is 679. The maximum atomic E-state index is 11.5. The van der Waals surface area contributed by atoms with Crippen LogP contribution in [-0.4, -0.2) is 35.0 Å². The molecule has 0 saturated heterocycles. The summed E-state index contributed by atoms with van der Waals surface area (Å²) in [5.74, 6) is 0. The Balaban J connectivity index is 2.05. The number of rotatable bonds is 3. The predicted molar refractivity (Wildman–Crippen MR) is 80.0 cm³/mol. The first-order chi connectivity index (χ1) is 10.1. The highest BCUT2D eigenvalue weighted by Crippen LogP contribution is 2.27. The molecule has 6 nitrogen and oxygen atoms in total. The molecule has 0 saturated carbocycles. The molecule has 0 atom stereocenters. The molecule has 0 unspecified atom stereocenters. The zero-order valence-corrected chi connectivity index (χ0v) is 12.4. The smallest absolute Gasteiger partial charge is 0.321 e. The van der Waals surface area contributed by atoms with Crippen LogP contribution in [0.5, 0.6) is 0 Å². The highest BCUT2D eigenvalue weighted by molar-refractivity contribution is 7.99. The number of nitriles is 1. The van der Waals surface area contributed by atoms with Gasteiger partial charge in [-0.2, -0.15) is 5.26 Å². The van der Waals surface area contributed by atoms with Crippen molar-refractivity contribution in [2.24, 2.45) is 0 Å². The summed E-state index contributed by atoms with van der Waals surface area (Å²) in [6.45, 7) is 0. The lowest BCUT2D eigenvalue weighted by Gasteiger charge is -2.12. The van der Waals surface area contributed by atoms with Crippen molar-refractivity contribution in [3.8, 4) is 6.07 Å². The fourth-order valence-corrected chi connectivity index (χ4v) is 2.20. The van der Waals surface area contributed by atoms with Gasteiger partial charge in [-0.3, -0.25) is 0 Å². The molecule has 0 fully saturated rings. The highest BCUT2D eigenvalue weighted by Gasteiger charge is 2.05. The first-order valence-corrected chi connectivity index (χ1v) is 6.88. The Morgan fingerprint density at radius 1 is 1.29 bits per heavy atom. The van der Waals surface area contributed by atoms with Crippen LogP contribution < -0.4 is 5.32 Å². The van der Waals surface area contributed by atoms with Crippen molar-refractivity contribution in [1.29, 1.82) is 5.26 Å². The quantitative estimate of drug-likeness (QED) is 0.881. The van der Waals surface area contributed by atoms with E-state index in [0.29, 0.717) is 10.7 Å². The molecule has 106 valence electrons. The highest BCUT2D eigenvalue weighted by atomic mass is 32.2. The minimum atomic E-state index is -0.176. The number of nitrogens with one attached hydrogen (secondary N) is 1. The van der Waals surface area contributed by atoms with Crippen molar-refractivity contribution >= 4 is 23.5 Å². The van der Waals surface area contributed by atoms with E-state index in [1.807, 2.05) is 30.3 Å². The van der Waals surface area contributed by atoms with Gasteiger partial charge in [-0.15, -0.1) is 0 Å². The summed E-state index contributed by atoms with van der Waals surface area (Å²) in [7, 11) is 3.36. The standard InChI is InChI=1S/C14H13N5OS/c1-19(2)14(20)18-10-3-5-12(6-4-10)21-13-7-11(8-15)16-9-17-13/h3-7,9H,1-2H3,(H,18,20). The van der Waals surface area contributed by atoms with Crippen LogP contribution in [0.1, 0.15) is 5.69 Å².